The van der Waals surface area contributed by atoms with Crippen molar-refractivity contribution in [3.8, 4) is 5.75 Å². The molecule has 1 unspecified atom stereocenters. The van der Waals surface area contributed by atoms with Crippen molar-refractivity contribution in [1.82, 2.24) is 9.97 Å². The number of aromatic nitrogens is 2. The highest BCUT2D eigenvalue weighted by atomic mass is 16.5. The van der Waals surface area contributed by atoms with E-state index < -0.39 is 0 Å². The SMILES string of the molecule is Cc1ccc(OCCc2ccccn2)c(CC(C)N)n1. The van der Waals surface area contributed by atoms with Gasteiger partial charge in [0.15, 0.2) is 0 Å². The predicted octanol–water partition coefficient (Wildman–Crippen LogP) is 2.30. The molecular weight excluding hydrogens is 250 g/mol. The summed E-state index contributed by atoms with van der Waals surface area (Å²) in [6.45, 7) is 4.54. The van der Waals surface area contributed by atoms with Crippen LogP contribution in [0.3, 0.4) is 0 Å². The summed E-state index contributed by atoms with van der Waals surface area (Å²) in [6, 6.07) is 9.90. The quantitative estimate of drug-likeness (QED) is 0.875. The standard InChI is InChI=1S/C16H21N3O/c1-12(17)11-15-16(7-6-13(2)19-15)20-10-8-14-5-3-4-9-18-14/h3-7,9,12H,8,10-11,17H2,1-2H3. The minimum atomic E-state index is 0.0717. The summed E-state index contributed by atoms with van der Waals surface area (Å²) in [5.74, 6) is 0.823. The van der Waals surface area contributed by atoms with Crippen LogP contribution in [0.1, 0.15) is 24.0 Å². The Morgan fingerprint density at radius 1 is 1.25 bits per heavy atom. The van der Waals surface area contributed by atoms with Gasteiger partial charge in [0, 0.05) is 36.5 Å². The van der Waals surface area contributed by atoms with Crippen molar-refractivity contribution >= 4 is 0 Å². The smallest absolute Gasteiger partial charge is 0.140 e. The van der Waals surface area contributed by atoms with E-state index in [9.17, 15) is 0 Å². The molecule has 2 aromatic heterocycles. The van der Waals surface area contributed by atoms with Crippen LogP contribution in [-0.4, -0.2) is 22.6 Å². The van der Waals surface area contributed by atoms with Crippen molar-refractivity contribution in [3.63, 3.8) is 0 Å². The van der Waals surface area contributed by atoms with Gasteiger partial charge >= 0.3 is 0 Å². The lowest BCUT2D eigenvalue weighted by atomic mass is 10.1. The minimum Gasteiger partial charge on any atom is -0.491 e. The summed E-state index contributed by atoms with van der Waals surface area (Å²) in [5.41, 5.74) is 8.80. The molecule has 2 heterocycles. The molecule has 0 saturated heterocycles. The van der Waals surface area contributed by atoms with Gasteiger partial charge in [-0.2, -0.15) is 0 Å². The van der Waals surface area contributed by atoms with Crippen LogP contribution in [0.5, 0.6) is 5.75 Å². The molecule has 0 fully saturated rings. The Hall–Kier alpha value is -1.94. The highest BCUT2D eigenvalue weighted by Gasteiger charge is 2.08. The Morgan fingerprint density at radius 3 is 2.80 bits per heavy atom. The van der Waals surface area contributed by atoms with Crippen molar-refractivity contribution in [1.29, 1.82) is 0 Å². The van der Waals surface area contributed by atoms with E-state index in [2.05, 4.69) is 9.97 Å². The monoisotopic (exact) mass is 271 g/mol. The Bertz CT molecular complexity index is 541. The Morgan fingerprint density at radius 2 is 2.10 bits per heavy atom. The van der Waals surface area contributed by atoms with Crippen LogP contribution in [-0.2, 0) is 12.8 Å². The number of hydrogen-bond acceptors (Lipinski definition) is 4. The van der Waals surface area contributed by atoms with E-state index in [-0.39, 0.29) is 6.04 Å². The maximum Gasteiger partial charge on any atom is 0.140 e. The van der Waals surface area contributed by atoms with Crippen molar-refractivity contribution in [2.24, 2.45) is 5.73 Å². The number of aryl methyl sites for hydroxylation is 1. The first kappa shape index (κ1) is 14.5. The molecule has 1 atom stereocenters. The van der Waals surface area contributed by atoms with Crippen LogP contribution in [0.2, 0.25) is 0 Å². The van der Waals surface area contributed by atoms with Crippen molar-refractivity contribution in [3.05, 3.63) is 53.6 Å². The number of hydrogen-bond donors (Lipinski definition) is 1. The van der Waals surface area contributed by atoms with Crippen molar-refractivity contribution < 1.29 is 4.74 Å². The van der Waals surface area contributed by atoms with Gasteiger partial charge in [-0.05, 0) is 38.1 Å². The summed E-state index contributed by atoms with van der Waals surface area (Å²) in [6.07, 6.45) is 3.30. The first-order valence-electron chi connectivity index (χ1n) is 6.90. The third kappa shape index (κ3) is 4.31. The van der Waals surface area contributed by atoms with Gasteiger partial charge in [0.25, 0.3) is 0 Å². The fourth-order valence-corrected chi connectivity index (χ4v) is 1.99. The van der Waals surface area contributed by atoms with E-state index in [0.717, 1.165) is 35.7 Å². The molecule has 0 amide bonds. The fourth-order valence-electron chi connectivity index (χ4n) is 1.99. The molecule has 0 radical (unpaired) electrons. The normalized spacial score (nSPS) is 12.2. The van der Waals surface area contributed by atoms with Crippen LogP contribution in [0.15, 0.2) is 36.5 Å². The second kappa shape index (κ2) is 7.01. The van der Waals surface area contributed by atoms with Crippen molar-refractivity contribution in [2.45, 2.75) is 32.7 Å². The topological polar surface area (TPSA) is 61.0 Å². The Balaban J connectivity index is 1.98. The lowest BCUT2D eigenvalue weighted by Crippen LogP contribution is -2.19. The first-order chi connectivity index (χ1) is 9.65. The maximum atomic E-state index is 5.86. The van der Waals surface area contributed by atoms with E-state index in [1.165, 1.54) is 0 Å². The van der Waals surface area contributed by atoms with Gasteiger partial charge in [0.2, 0.25) is 0 Å². The van der Waals surface area contributed by atoms with Crippen LogP contribution >= 0.6 is 0 Å². The zero-order valence-corrected chi connectivity index (χ0v) is 12.0. The van der Waals surface area contributed by atoms with Gasteiger partial charge in [0.05, 0.1) is 12.3 Å². The molecule has 4 nitrogen and oxygen atoms in total. The van der Waals surface area contributed by atoms with Crippen LogP contribution in [0, 0.1) is 6.92 Å². The average molecular weight is 271 g/mol. The predicted molar refractivity (Wildman–Crippen MR) is 79.8 cm³/mol. The summed E-state index contributed by atoms with van der Waals surface area (Å²) >= 11 is 0. The largest absolute Gasteiger partial charge is 0.491 e. The number of nitrogens with zero attached hydrogens (tertiary/aromatic N) is 2. The molecule has 0 aliphatic rings. The lowest BCUT2D eigenvalue weighted by Gasteiger charge is -2.13. The molecule has 2 aromatic rings. The molecule has 0 aliphatic carbocycles. The minimum absolute atomic E-state index is 0.0717. The highest BCUT2D eigenvalue weighted by molar-refractivity contribution is 5.30. The van der Waals surface area contributed by atoms with E-state index >= 15 is 0 Å². The van der Waals surface area contributed by atoms with Crippen molar-refractivity contribution in [2.75, 3.05) is 6.61 Å². The van der Waals surface area contributed by atoms with Gasteiger partial charge in [-0.25, -0.2) is 0 Å². The van der Waals surface area contributed by atoms with Crippen LogP contribution in [0.25, 0.3) is 0 Å². The fraction of sp³-hybridized carbons (Fsp3) is 0.375. The van der Waals surface area contributed by atoms with Gasteiger partial charge in [-0.3, -0.25) is 9.97 Å². The Labute approximate surface area is 120 Å². The zero-order valence-electron chi connectivity index (χ0n) is 12.0. The summed E-state index contributed by atoms with van der Waals surface area (Å²) < 4.78 is 5.84. The molecule has 0 bridgehead atoms. The van der Waals surface area contributed by atoms with Gasteiger partial charge < -0.3 is 10.5 Å². The molecule has 0 aromatic carbocycles. The molecule has 106 valence electrons. The number of nitrogens with two attached hydrogens (primary N) is 1. The summed E-state index contributed by atoms with van der Waals surface area (Å²) in [7, 11) is 0. The van der Waals surface area contributed by atoms with Crippen LogP contribution < -0.4 is 10.5 Å². The molecule has 4 heteroatoms. The molecule has 20 heavy (non-hydrogen) atoms. The van der Waals surface area contributed by atoms with E-state index in [1.54, 1.807) is 6.20 Å². The van der Waals surface area contributed by atoms with Crippen LogP contribution in [0.4, 0.5) is 0 Å². The maximum absolute atomic E-state index is 5.86. The zero-order chi connectivity index (χ0) is 14.4. The molecule has 2 N–H and O–H groups in total. The third-order valence-electron chi connectivity index (χ3n) is 2.93. The number of pyridine rings is 2. The lowest BCUT2D eigenvalue weighted by molar-refractivity contribution is 0.314. The number of rotatable bonds is 6. The first-order valence-corrected chi connectivity index (χ1v) is 6.90. The average Bonchev–Trinajstić information content (AvgIpc) is 2.42. The van der Waals surface area contributed by atoms with E-state index in [1.807, 2.05) is 44.2 Å². The molecule has 0 saturated carbocycles. The summed E-state index contributed by atoms with van der Waals surface area (Å²) in [4.78, 5) is 8.80. The molecule has 2 rings (SSSR count). The van der Waals surface area contributed by atoms with Gasteiger partial charge in [0.1, 0.15) is 5.75 Å². The van der Waals surface area contributed by atoms with Gasteiger partial charge in [-0.1, -0.05) is 6.07 Å². The molecule has 0 spiro atoms. The second-order valence-electron chi connectivity index (χ2n) is 5.00. The molecule has 0 aliphatic heterocycles. The number of ether oxygens (including phenoxy) is 1. The highest BCUT2D eigenvalue weighted by Crippen LogP contribution is 2.18. The molecular formula is C16H21N3O. The van der Waals surface area contributed by atoms with E-state index in [4.69, 9.17) is 10.5 Å². The van der Waals surface area contributed by atoms with E-state index in [0.29, 0.717) is 6.61 Å². The second-order valence-corrected chi connectivity index (χ2v) is 5.00. The Kier molecular flexibility index (Phi) is 5.07. The van der Waals surface area contributed by atoms with Gasteiger partial charge in [-0.15, -0.1) is 0 Å². The third-order valence-corrected chi connectivity index (χ3v) is 2.93. The summed E-state index contributed by atoms with van der Waals surface area (Å²) in [5, 5.41) is 0.